The molecule has 1 saturated heterocycles. The molecule has 0 aromatic carbocycles. The van der Waals surface area contributed by atoms with Crippen molar-refractivity contribution in [2.75, 3.05) is 26.2 Å². The number of hydrogen-bond donors (Lipinski definition) is 1. The van der Waals surface area contributed by atoms with E-state index in [1.54, 1.807) is 0 Å². The van der Waals surface area contributed by atoms with Crippen LogP contribution in [0.5, 0.6) is 0 Å². The van der Waals surface area contributed by atoms with Crippen LogP contribution in [0, 0.1) is 0 Å². The summed E-state index contributed by atoms with van der Waals surface area (Å²) in [7, 11) is 0. The maximum Gasteiger partial charge on any atom is 0.213 e. The Morgan fingerprint density at radius 3 is 3.21 bits per heavy atom. The van der Waals surface area contributed by atoms with Crippen LogP contribution in [0.4, 0.5) is 0 Å². The first-order valence-corrected chi connectivity index (χ1v) is 5.09. The van der Waals surface area contributed by atoms with E-state index in [9.17, 15) is 0 Å². The number of aromatic nitrogens is 2. The van der Waals surface area contributed by atoms with Crippen LogP contribution in [0.25, 0.3) is 0 Å². The van der Waals surface area contributed by atoms with E-state index in [0.29, 0.717) is 0 Å². The molecule has 2 heterocycles. The highest BCUT2D eigenvalue weighted by Gasteiger charge is 2.19. The highest BCUT2D eigenvalue weighted by atomic mass is 16.5. The minimum Gasteiger partial charge on any atom is -0.343 e. The van der Waals surface area contributed by atoms with Crippen molar-refractivity contribution in [1.29, 1.82) is 0 Å². The Hall–Kier alpha value is -0.940. The van der Waals surface area contributed by atoms with Crippen molar-refractivity contribution < 1.29 is 4.52 Å². The Balaban J connectivity index is 1.99. The van der Waals surface area contributed by atoms with Gasteiger partial charge in [-0.2, -0.15) is 4.98 Å². The average Bonchev–Trinajstić information content (AvgIpc) is 2.59. The van der Waals surface area contributed by atoms with Gasteiger partial charge in [0.15, 0.2) is 5.82 Å². The fourth-order valence-electron chi connectivity index (χ4n) is 1.78. The van der Waals surface area contributed by atoms with Crippen LogP contribution < -0.4 is 5.32 Å². The maximum absolute atomic E-state index is 4.75. The monoisotopic (exact) mass is 196 g/mol. The molecular formula is C9H16N4O. The van der Waals surface area contributed by atoms with Crippen molar-refractivity contribution in [3.05, 3.63) is 12.2 Å². The zero-order valence-corrected chi connectivity index (χ0v) is 8.44. The molecule has 0 saturated carbocycles. The average molecular weight is 196 g/mol. The van der Waals surface area contributed by atoms with Crippen molar-refractivity contribution in [2.24, 2.45) is 0 Å². The molecule has 1 aromatic heterocycles. The highest BCUT2D eigenvalue weighted by molar-refractivity contribution is 4.89. The summed E-state index contributed by atoms with van der Waals surface area (Å²) >= 11 is 0. The minimum absolute atomic E-state index is 0.258. The lowest BCUT2D eigenvalue weighted by Gasteiger charge is -2.24. The standard InChI is InChI=1S/C9H16N4O/c1-8(9-11-7-14-12-9)13-5-2-3-10-4-6-13/h7-8,10H,2-6H2,1H3. The van der Waals surface area contributed by atoms with E-state index < -0.39 is 0 Å². The van der Waals surface area contributed by atoms with Crippen LogP contribution in [-0.4, -0.2) is 41.2 Å². The Morgan fingerprint density at radius 1 is 1.50 bits per heavy atom. The molecule has 5 nitrogen and oxygen atoms in total. The number of nitrogens with one attached hydrogen (secondary N) is 1. The van der Waals surface area contributed by atoms with E-state index >= 15 is 0 Å². The van der Waals surface area contributed by atoms with Crippen LogP contribution in [0.15, 0.2) is 10.9 Å². The Morgan fingerprint density at radius 2 is 2.43 bits per heavy atom. The van der Waals surface area contributed by atoms with Crippen LogP contribution in [0.2, 0.25) is 0 Å². The Bertz CT molecular complexity index is 254. The van der Waals surface area contributed by atoms with Gasteiger partial charge in [-0.1, -0.05) is 5.16 Å². The first kappa shape index (κ1) is 9.61. The first-order chi connectivity index (χ1) is 6.88. The molecule has 1 unspecified atom stereocenters. The molecule has 0 spiro atoms. The lowest BCUT2D eigenvalue weighted by molar-refractivity contribution is 0.213. The molecule has 1 fully saturated rings. The summed E-state index contributed by atoms with van der Waals surface area (Å²) in [5.41, 5.74) is 0. The second kappa shape index (κ2) is 4.52. The van der Waals surface area contributed by atoms with Gasteiger partial charge in [0.1, 0.15) is 0 Å². The van der Waals surface area contributed by atoms with Gasteiger partial charge in [-0.25, -0.2) is 0 Å². The summed E-state index contributed by atoms with van der Waals surface area (Å²) in [6.45, 7) is 6.42. The van der Waals surface area contributed by atoms with Crippen LogP contribution in [0.3, 0.4) is 0 Å². The van der Waals surface area contributed by atoms with Crippen molar-refractivity contribution >= 4 is 0 Å². The van der Waals surface area contributed by atoms with E-state index in [0.717, 1.165) is 32.0 Å². The van der Waals surface area contributed by atoms with Gasteiger partial charge in [0, 0.05) is 19.6 Å². The summed E-state index contributed by atoms with van der Waals surface area (Å²) in [6.07, 6.45) is 2.57. The van der Waals surface area contributed by atoms with Gasteiger partial charge in [-0.05, 0) is 19.9 Å². The summed E-state index contributed by atoms with van der Waals surface area (Å²) in [4.78, 5) is 6.46. The Kier molecular flexibility index (Phi) is 3.10. The Labute approximate surface area is 83.5 Å². The third kappa shape index (κ3) is 2.10. The smallest absolute Gasteiger partial charge is 0.213 e. The van der Waals surface area contributed by atoms with E-state index in [1.165, 1.54) is 12.8 Å². The van der Waals surface area contributed by atoms with E-state index in [1.807, 2.05) is 0 Å². The third-order valence-corrected chi connectivity index (χ3v) is 2.67. The fraction of sp³-hybridized carbons (Fsp3) is 0.778. The van der Waals surface area contributed by atoms with Crippen molar-refractivity contribution in [2.45, 2.75) is 19.4 Å². The molecule has 0 radical (unpaired) electrons. The highest BCUT2D eigenvalue weighted by Crippen LogP contribution is 2.16. The summed E-state index contributed by atoms with van der Waals surface area (Å²) in [5, 5.41) is 7.25. The van der Waals surface area contributed by atoms with Gasteiger partial charge in [0.2, 0.25) is 6.39 Å². The predicted molar refractivity (Wildman–Crippen MR) is 51.8 cm³/mol. The topological polar surface area (TPSA) is 54.2 Å². The van der Waals surface area contributed by atoms with E-state index in [2.05, 4.69) is 27.3 Å². The summed E-state index contributed by atoms with van der Waals surface area (Å²) in [6, 6.07) is 0.258. The van der Waals surface area contributed by atoms with Gasteiger partial charge in [0.25, 0.3) is 0 Å². The number of nitrogens with zero attached hydrogens (tertiary/aromatic N) is 3. The quantitative estimate of drug-likeness (QED) is 0.743. The second-order valence-electron chi connectivity index (χ2n) is 3.60. The van der Waals surface area contributed by atoms with Gasteiger partial charge in [0.05, 0.1) is 6.04 Å². The largest absolute Gasteiger partial charge is 0.343 e. The molecule has 2 rings (SSSR count). The molecule has 5 heteroatoms. The molecule has 1 aromatic rings. The SMILES string of the molecule is CC(c1ncon1)N1CCCNCC1. The lowest BCUT2D eigenvalue weighted by Crippen LogP contribution is -2.31. The molecule has 1 N–H and O–H groups in total. The van der Waals surface area contributed by atoms with Crippen molar-refractivity contribution in [3.8, 4) is 0 Å². The van der Waals surface area contributed by atoms with Crippen LogP contribution in [0.1, 0.15) is 25.2 Å². The van der Waals surface area contributed by atoms with Gasteiger partial charge < -0.3 is 9.84 Å². The number of hydrogen-bond acceptors (Lipinski definition) is 5. The molecule has 1 atom stereocenters. The zero-order valence-electron chi connectivity index (χ0n) is 8.44. The molecular weight excluding hydrogens is 180 g/mol. The molecule has 0 bridgehead atoms. The van der Waals surface area contributed by atoms with Crippen LogP contribution >= 0.6 is 0 Å². The van der Waals surface area contributed by atoms with E-state index in [4.69, 9.17) is 4.52 Å². The molecule has 14 heavy (non-hydrogen) atoms. The normalized spacial score (nSPS) is 21.8. The van der Waals surface area contributed by atoms with Gasteiger partial charge >= 0.3 is 0 Å². The maximum atomic E-state index is 4.75. The second-order valence-corrected chi connectivity index (χ2v) is 3.60. The molecule has 78 valence electrons. The van der Waals surface area contributed by atoms with Crippen molar-refractivity contribution in [3.63, 3.8) is 0 Å². The summed E-state index contributed by atoms with van der Waals surface area (Å²) < 4.78 is 4.75. The zero-order chi connectivity index (χ0) is 9.80. The molecule has 1 aliphatic heterocycles. The molecule has 1 aliphatic rings. The van der Waals surface area contributed by atoms with Crippen molar-refractivity contribution in [1.82, 2.24) is 20.4 Å². The minimum atomic E-state index is 0.258. The van der Waals surface area contributed by atoms with Gasteiger partial charge in [-0.15, -0.1) is 0 Å². The first-order valence-electron chi connectivity index (χ1n) is 5.09. The molecule has 0 aliphatic carbocycles. The third-order valence-electron chi connectivity index (χ3n) is 2.67. The van der Waals surface area contributed by atoms with Crippen LogP contribution in [-0.2, 0) is 0 Å². The lowest BCUT2D eigenvalue weighted by atomic mass is 10.2. The molecule has 0 amide bonds. The summed E-state index contributed by atoms with van der Waals surface area (Å²) in [5.74, 6) is 0.784. The predicted octanol–water partition coefficient (Wildman–Crippen LogP) is 0.426. The van der Waals surface area contributed by atoms with Gasteiger partial charge in [-0.3, -0.25) is 4.90 Å². The number of rotatable bonds is 2. The van der Waals surface area contributed by atoms with E-state index in [-0.39, 0.29) is 6.04 Å². The fourth-order valence-corrected chi connectivity index (χ4v) is 1.78.